The number of hydrogen-bond donors (Lipinski definition) is 1. The van der Waals surface area contributed by atoms with Gasteiger partial charge in [-0.05, 0) is 44.0 Å². The molecule has 2 aromatic rings. The van der Waals surface area contributed by atoms with Crippen molar-refractivity contribution in [2.24, 2.45) is 12.8 Å². The van der Waals surface area contributed by atoms with E-state index in [9.17, 15) is 0 Å². The molecule has 0 saturated heterocycles. The zero-order valence-corrected chi connectivity index (χ0v) is 10.5. The van der Waals surface area contributed by atoms with Crippen molar-refractivity contribution in [2.75, 3.05) is 6.54 Å². The molecular weight excluding hydrogens is 220 g/mol. The van der Waals surface area contributed by atoms with Gasteiger partial charge in [-0.15, -0.1) is 0 Å². The van der Waals surface area contributed by atoms with E-state index in [0.29, 0.717) is 0 Å². The fraction of sp³-hybridized carbons (Fsp3) is 0.385. The van der Waals surface area contributed by atoms with Gasteiger partial charge >= 0.3 is 0 Å². The first kappa shape index (κ1) is 11.5. The Labute approximate surface area is 101 Å². The lowest BCUT2D eigenvalue weighted by Gasteiger charge is -2.04. The van der Waals surface area contributed by atoms with Crippen LogP contribution in [0.2, 0.25) is 5.02 Å². The Kier molecular flexibility index (Phi) is 3.22. The van der Waals surface area contributed by atoms with Crippen LogP contribution < -0.4 is 5.73 Å². The minimum atomic E-state index is 0.738. The quantitative estimate of drug-likeness (QED) is 0.873. The molecule has 0 aliphatic rings. The number of aryl methyl sites for hydroxylation is 2. The Balaban J connectivity index is 2.57. The van der Waals surface area contributed by atoms with Crippen molar-refractivity contribution >= 4 is 22.5 Å². The minimum absolute atomic E-state index is 0.738. The summed E-state index contributed by atoms with van der Waals surface area (Å²) in [4.78, 5) is 0. The largest absolute Gasteiger partial charge is 0.347 e. The molecule has 0 amide bonds. The number of nitrogens with zero attached hydrogens (tertiary/aromatic N) is 1. The van der Waals surface area contributed by atoms with Crippen LogP contribution in [-0.4, -0.2) is 11.1 Å². The van der Waals surface area contributed by atoms with Gasteiger partial charge in [-0.2, -0.15) is 0 Å². The summed E-state index contributed by atoms with van der Waals surface area (Å²) in [6, 6.07) is 6.07. The van der Waals surface area contributed by atoms with E-state index in [1.54, 1.807) is 0 Å². The topological polar surface area (TPSA) is 30.9 Å². The molecule has 0 radical (unpaired) electrons. The molecular formula is C13H17ClN2. The third-order valence-corrected chi connectivity index (χ3v) is 3.42. The molecule has 1 aromatic heterocycles. The van der Waals surface area contributed by atoms with E-state index >= 15 is 0 Å². The Morgan fingerprint density at radius 2 is 2.12 bits per heavy atom. The number of halogens is 1. The molecule has 86 valence electrons. The van der Waals surface area contributed by atoms with Crippen LogP contribution in [0.15, 0.2) is 18.2 Å². The molecule has 3 heteroatoms. The molecule has 0 aliphatic heterocycles. The van der Waals surface area contributed by atoms with Crippen LogP contribution in [0, 0.1) is 6.92 Å². The first-order chi connectivity index (χ1) is 7.65. The predicted octanol–water partition coefficient (Wildman–Crippen LogP) is 3.03. The predicted molar refractivity (Wildman–Crippen MR) is 70.0 cm³/mol. The number of benzene rings is 1. The van der Waals surface area contributed by atoms with Crippen LogP contribution in [0.25, 0.3) is 10.9 Å². The summed E-state index contributed by atoms with van der Waals surface area (Å²) in [5.41, 5.74) is 9.48. The maximum Gasteiger partial charge on any atom is 0.0497 e. The molecule has 0 spiro atoms. The van der Waals surface area contributed by atoms with Gasteiger partial charge in [0.1, 0.15) is 0 Å². The zero-order chi connectivity index (χ0) is 11.7. The molecule has 2 nitrogen and oxygen atoms in total. The second kappa shape index (κ2) is 4.48. The van der Waals surface area contributed by atoms with Crippen LogP contribution in [-0.2, 0) is 13.5 Å². The molecule has 0 atom stereocenters. The van der Waals surface area contributed by atoms with Crippen molar-refractivity contribution in [3.05, 3.63) is 34.5 Å². The maximum absolute atomic E-state index is 6.02. The molecule has 0 saturated carbocycles. The molecule has 0 aliphatic carbocycles. The average Bonchev–Trinajstić information content (AvgIpc) is 2.50. The first-order valence-electron chi connectivity index (χ1n) is 5.58. The van der Waals surface area contributed by atoms with Crippen LogP contribution in [0.5, 0.6) is 0 Å². The van der Waals surface area contributed by atoms with Crippen LogP contribution in [0.3, 0.4) is 0 Å². The third kappa shape index (κ3) is 1.83. The standard InChI is InChI=1S/C13H17ClN2/c1-9-11-6-5-10(14)8-13(11)16(2)12(9)4-3-7-15/h5-6,8H,3-4,7,15H2,1-2H3. The summed E-state index contributed by atoms with van der Waals surface area (Å²) in [5.74, 6) is 0. The van der Waals surface area contributed by atoms with Gasteiger partial charge in [-0.3, -0.25) is 0 Å². The molecule has 0 unspecified atom stereocenters. The number of nitrogens with two attached hydrogens (primary N) is 1. The van der Waals surface area contributed by atoms with Crippen LogP contribution >= 0.6 is 11.6 Å². The Morgan fingerprint density at radius 1 is 1.38 bits per heavy atom. The average molecular weight is 237 g/mol. The lowest BCUT2D eigenvalue weighted by molar-refractivity contribution is 0.760. The number of fused-ring (bicyclic) bond motifs is 1. The van der Waals surface area contributed by atoms with Gasteiger partial charge in [0, 0.05) is 28.7 Å². The smallest absolute Gasteiger partial charge is 0.0497 e. The Hall–Kier alpha value is -0.990. The van der Waals surface area contributed by atoms with Crippen LogP contribution in [0.1, 0.15) is 17.7 Å². The van der Waals surface area contributed by atoms with Gasteiger partial charge in [-0.1, -0.05) is 17.7 Å². The minimum Gasteiger partial charge on any atom is -0.347 e. The molecule has 16 heavy (non-hydrogen) atoms. The van der Waals surface area contributed by atoms with Gasteiger partial charge < -0.3 is 10.3 Å². The number of rotatable bonds is 3. The molecule has 2 N–H and O–H groups in total. The third-order valence-electron chi connectivity index (χ3n) is 3.18. The molecule has 1 aromatic carbocycles. The molecule has 2 rings (SSSR count). The van der Waals surface area contributed by atoms with E-state index < -0.39 is 0 Å². The SMILES string of the molecule is Cc1c(CCCN)n(C)c2cc(Cl)ccc12. The van der Waals surface area contributed by atoms with Crippen molar-refractivity contribution in [1.29, 1.82) is 0 Å². The summed E-state index contributed by atoms with van der Waals surface area (Å²) < 4.78 is 2.23. The van der Waals surface area contributed by atoms with Gasteiger partial charge in [-0.25, -0.2) is 0 Å². The summed E-state index contributed by atoms with van der Waals surface area (Å²) in [6.45, 7) is 2.91. The maximum atomic E-state index is 6.02. The van der Waals surface area contributed by atoms with Crippen molar-refractivity contribution in [2.45, 2.75) is 19.8 Å². The van der Waals surface area contributed by atoms with Gasteiger partial charge in [0.2, 0.25) is 0 Å². The highest BCUT2D eigenvalue weighted by molar-refractivity contribution is 6.31. The van der Waals surface area contributed by atoms with Crippen molar-refractivity contribution in [3.8, 4) is 0 Å². The summed E-state index contributed by atoms with van der Waals surface area (Å²) in [6.07, 6.45) is 2.06. The van der Waals surface area contributed by atoms with E-state index in [-0.39, 0.29) is 0 Å². The monoisotopic (exact) mass is 236 g/mol. The Morgan fingerprint density at radius 3 is 2.81 bits per heavy atom. The van der Waals surface area contributed by atoms with Crippen molar-refractivity contribution in [3.63, 3.8) is 0 Å². The van der Waals surface area contributed by atoms with E-state index in [0.717, 1.165) is 24.4 Å². The molecule has 0 fully saturated rings. The lowest BCUT2D eigenvalue weighted by Crippen LogP contribution is -2.04. The lowest BCUT2D eigenvalue weighted by atomic mass is 10.1. The van der Waals surface area contributed by atoms with E-state index in [4.69, 9.17) is 17.3 Å². The van der Waals surface area contributed by atoms with Gasteiger partial charge in [0.15, 0.2) is 0 Å². The van der Waals surface area contributed by atoms with Gasteiger partial charge in [0.05, 0.1) is 0 Å². The highest BCUT2D eigenvalue weighted by Crippen LogP contribution is 2.27. The van der Waals surface area contributed by atoms with Crippen molar-refractivity contribution in [1.82, 2.24) is 4.57 Å². The van der Waals surface area contributed by atoms with Crippen molar-refractivity contribution < 1.29 is 0 Å². The summed E-state index contributed by atoms with van der Waals surface area (Å²) in [5, 5.41) is 2.08. The number of hydrogen-bond acceptors (Lipinski definition) is 1. The fourth-order valence-electron chi connectivity index (χ4n) is 2.28. The Bertz CT molecular complexity index is 514. The van der Waals surface area contributed by atoms with E-state index in [1.807, 2.05) is 12.1 Å². The number of aromatic nitrogens is 1. The second-order valence-electron chi connectivity index (χ2n) is 4.18. The molecule has 1 heterocycles. The fourth-order valence-corrected chi connectivity index (χ4v) is 2.44. The summed E-state index contributed by atoms with van der Waals surface area (Å²) in [7, 11) is 2.09. The summed E-state index contributed by atoms with van der Waals surface area (Å²) >= 11 is 6.02. The zero-order valence-electron chi connectivity index (χ0n) is 9.76. The first-order valence-corrected chi connectivity index (χ1v) is 5.96. The van der Waals surface area contributed by atoms with Crippen LogP contribution in [0.4, 0.5) is 0 Å². The second-order valence-corrected chi connectivity index (χ2v) is 4.62. The highest BCUT2D eigenvalue weighted by atomic mass is 35.5. The van der Waals surface area contributed by atoms with Gasteiger partial charge in [0.25, 0.3) is 0 Å². The highest BCUT2D eigenvalue weighted by Gasteiger charge is 2.11. The molecule has 0 bridgehead atoms. The van der Waals surface area contributed by atoms with E-state index in [2.05, 4.69) is 24.6 Å². The normalized spacial score (nSPS) is 11.2. The van der Waals surface area contributed by atoms with E-state index in [1.165, 1.54) is 22.2 Å².